The molecule has 1 aromatic rings. The lowest BCUT2D eigenvalue weighted by Gasteiger charge is -2.38. The second-order valence-corrected chi connectivity index (χ2v) is 7.16. The van der Waals surface area contributed by atoms with Gasteiger partial charge in [-0.1, -0.05) is 38.1 Å². The van der Waals surface area contributed by atoms with Crippen molar-refractivity contribution in [2.45, 2.75) is 57.0 Å². The van der Waals surface area contributed by atoms with Crippen LogP contribution >= 0.6 is 0 Å². The Hall–Kier alpha value is -1.55. The molecule has 2 amide bonds. The lowest BCUT2D eigenvalue weighted by atomic mass is 9.71. The summed E-state index contributed by atoms with van der Waals surface area (Å²) >= 11 is 0. The molecule has 2 aliphatic rings. The SMILES string of the molecule is CC1(C)CCC(NC(=O)N(CCO)C2CC2)c2ccccc21. The van der Waals surface area contributed by atoms with Crippen LogP contribution in [0.5, 0.6) is 0 Å². The molecule has 4 nitrogen and oxygen atoms in total. The average Bonchev–Trinajstić information content (AvgIpc) is 3.32. The normalized spacial score (nSPS) is 22.8. The Bertz CT molecular complexity index is 552. The molecule has 1 unspecified atom stereocenters. The largest absolute Gasteiger partial charge is 0.395 e. The minimum Gasteiger partial charge on any atom is -0.395 e. The first kappa shape index (κ1) is 15.3. The van der Waals surface area contributed by atoms with Gasteiger partial charge in [0.25, 0.3) is 0 Å². The van der Waals surface area contributed by atoms with E-state index in [0.717, 1.165) is 25.7 Å². The Labute approximate surface area is 132 Å². The van der Waals surface area contributed by atoms with Crippen LogP contribution in [-0.4, -0.2) is 35.2 Å². The molecule has 3 rings (SSSR count). The number of amides is 2. The van der Waals surface area contributed by atoms with Crippen LogP contribution < -0.4 is 5.32 Å². The highest BCUT2D eigenvalue weighted by Gasteiger charge is 2.36. The van der Waals surface area contributed by atoms with Crippen LogP contribution in [0, 0.1) is 0 Å². The molecule has 0 heterocycles. The van der Waals surface area contributed by atoms with Crippen LogP contribution in [0.25, 0.3) is 0 Å². The number of urea groups is 1. The van der Waals surface area contributed by atoms with E-state index in [1.807, 2.05) is 6.07 Å². The van der Waals surface area contributed by atoms with Crippen LogP contribution in [0.2, 0.25) is 0 Å². The zero-order chi connectivity index (χ0) is 15.7. The summed E-state index contributed by atoms with van der Waals surface area (Å²) in [5.41, 5.74) is 2.75. The lowest BCUT2D eigenvalue weighted by Crippen LogP contribution is -2.45. The first-order valence-corrected chi connectivity index (χ1v) is 8.30. The van der Waals surface area contributed by atoms with Gasteiger partial charge in [-0.3, -0.25) is 0 Å². The van der Waals surface area contributed by atoms with Gasteiger partial charge >= 0.3 is 6.03 Å². The fraction of sp³-hybridized carbons (Fsp3) is 0.611. The summed E-state index contributed by atoms with van der Waals surface area (Å²) in [5, 5.41) is 12.4. The van der Waals surface area contributed by atoms with Crippen LogP contribution in [0.1, 0.15) is 56.7 Å². The quantitative estimate of drug-likeness (QED) is 0.898. The molecule has 2 N–H and O–H groups in total. The topological polar surface area (TPSA) is 52.6 Å². The predicted octanol–water partition coefficient (Wildman–Crippen LogP) is 2.97. The molecular weight excluding hydrogens is 276 g/mol. The molecule has 0 aliphatic heterocycles. The predicted molar refractivity (Wildman–Crippen MR) is 86.8 cm³/mol. The van der Waals surface area contributed by atoms with Crippen molar-refractivity contribution in [3.05, 3.63) is 35.4 Å². The Kier molecular flexibility index (Phi) is 4.13. The van der Waals surface area contributed by atoms with Crippen LogP contribution in [-0.2, 0) is 5.41 Å². The van der Waals surface area contributed by atoms with Gasteiger partial charge in [-0.25, -0.2) is 4.79 Å². The number of hydrogen-bond acceptors (Lipinski definition) is 2. The van der Waals surface area contributed by atoms with Crippen molar-refractivity contribution < 1.29 is 9.90 Å². The number of aliphatic hydroxyl groups is 1. The van der Waals surface area contributed by atoms with Crippen LogP contribution in [0.4, 0.5) is 4.79 Å². The molecule has 0 spiro atoms. The number of rotatable bonds is 4. The number of hydrogen-bond donors (Lipinski definition) is 2. The van der Waals surface area contributed by atoms with E-state index >= 15 is 0 Å². The van der Waals surface area contributed by atoms with Gasteiger partial charge in [0.05, 0.1) is 12.6 Å². The minimum atomic E-state index is -0.0314. The highest BCUT2D eigenvalue weighted by atomic mass is 16.3. The summed E-state index contributed by atoms with van der Waals surface area (Å²) in [6.45, 7) is 4.99. The molecule has 2 aliphatic carbocycles. The molecular formula is C18H26N2O2. The molecule has 22 heavy (non-hydrogen) atoms. The average molecular weight is 302 g/mol. The Morgan fingerprint density at radius 2 is 2.05 bits per heavy atom. The number of aliphatic hydroxyl groups excluding tert-OH is 1. The van der Waals surface area contributed by atoms with E-state index in [2.05, 4.69) is 37.4 Å². The highest BCUT2D eigenvalue weighted by Crippen LogP contribution is 2.41. The summed E-state index contributed by atoms with van der Waals surface area (Å²) in [6.07, 6.45) is 4.15. The van der Waals surface area contributed by atoms with Crippen molar-refractivity contribution in [3.8, 4) is 0 Å². The van der Waals surface area contributed by atoms with Crippen molar-refractivity contribution in [1.82, 2.24) is 10.2 Å². The van der Waals surface area contributed by atoms with Crippen molar-refractivity contribution in [3.63, 3.8) is 0 Å². The molecule has 0 aromatic heterocycles. The fourth-order valence-corrected chi connectivity index (χ4v) is 3.54. The van der Waals surface area contributed by atoms with E-state index in [1.54, 1.807) is 4.90 Å². The van der Waals surface area contributed by atoms with E-state index in [9.17, 15) is 9.90 Å². The maximum Gasteiger partial charge on any atom is 0.318 e. The van der Waals surface area contributed by atoms with E-state index in [0.29, 0.717) is 12.6 Å². The van der Waals surface area contributed by atoms with Gasteiger partial charge < -0.3 is 15.3 Å². The second kappa shape index (κ2) is 5.92. The summed E-state index contributed by atoms with van der Waals surface area (Å²) in [5.74, 6) is 0. The molecule has 0 radical (unpaired) electrons. The fourth-order valence-electron chi connectivity index (χ4n) is 3.54. The van der Waals surface area contributed by atoms with Crippen molar-refractivity contribution in [2.24, 2.45) is 0 Å². The van der Waals surface area contributed by atoms with E-state index in [1.165, 1.54) is 11.1 Å². The maximum atomic E-state index is 12.6. The summed E-state index contributed by atoms with van der Waals surface area (Å²) < 4.78 is 0. The minimum absolute atomic E-state index is 0.0260. The third kappa shape index (κ3) is 2.98. The molecule has 4 heteroatoms. The first-order valence-electron chi connectivity index (χ1n) is 8.30. The maximum absolute atomic E-state index is 12.6. The molecule has 120 valence electrons. The van der Waals surface area contributed by atoms with Crippen molar-refractivity contribution in [2.75, 3.05) is 13.2 Å². The van der Waals surface area contributed by atoms with Crippen molar-refractivity contribution in [1.29, 1.82) is 0 Å². The Morgan fingerprint density at radius 1 is 1.32 bits per heavy atom. The smallest absolute Gasteiger partial charge is 0.318 e. The molecule has 1 fully saturated rings. The number of nitrogens with zero attached hydrogens (tertiary/aromatic N) is 1. The van der Waals surface area contributed by atoms with Gasteiger partial charge in [0.2, 0.25) is 0 Å². The van der Waals surface area contributed by atoms with Crippen molar-refractivity contribution >= 4 is 6.03 Å². The van der Waals surface area contributed by atoms with Crippen LogP contribution in [0.3, 0.4) is 0 Å². The zero-order valence-electron chi connectivity index (χ0n) is 13.5. The van der Waals surface area contributed by atoms with Gasteiger partial charge in [0, 0.05) is 12.6 Å². The number of carbonyl (C=O) groups is 1. The van der Waals surface area contributed by atoms with Gasteiger partial charge in [-0.05, 0) is 42.2 Å². The third-order valence-corrected chi connectivity index (χ3v) is 5.01. The Morgan fingerprint density at radius 3 is 2.73 bits per heavy atom. The number of carbonyl (C=O) groups excluding carboxylic acids is 1. The second-order valence-electron chi connectivity index (χ2n) is 7.16. The number of benzene rings is 1. The van der Waals surface area contributed by atoms with Gasteiger partial charge in [0.15, 0.2) is 0 Å². The summed E-state index contributed by atoms with van der Waals surface area (Å²) in [7, 11) is 0. The molecule has 0 bridgehead atoms. The lowest BCUT2D eigenvalue weighted by molar-refractivity contribution is 0.168. The van der Waals surface area contributed by atoms with E-state index in [4.69, 9.17) is 0 Å². The Balaban J connectivity index is 1.77. The zero-order valence-corrected chi connectivity index (χ0v) is 13.5. The van der Waals surface area contributed by atoms with Crippen LogP contribution in [0.15, 0.2) is 24.3 Å². The van der Waals surface area contributed by atoms with Gasteiger partial charge in [-0.2, -0.15) is 0 Å². The monoisotopic (exact) mass is 302 g/mol. The summed E-state index contributed by atoms with van der Waals surface area (Å²) in [6, 6.07) is 8.81. The number of fused-ring (bicyclic) bond motifs is 1. The first-order chi connectivity index (χ1) is 10.5. The molecule has 1 atom stereocenters. The van der Waals surface area contributed by atoms with E-state index in [-0.39, 0.29) is 24.1 Å². The van der Waals surface area contributed by atoms with Gasteiger partial charge in [-0.15, -0.1) is 0 Å². The number of nitrogens with one attached hydrogen (secondary N) is 1. The molecule has 0 saturated heterocycles. The van der Waals surface area contributed by atoms with Gasteiger partial charge in [0.1, 0.15) is 0 Å². The molecule has 1 aromatic carbocycles. The van der Waals surface area contributed by atoms with E-state index < -0.39 is 0 Å². The standard InChI is InChI=1S/C18H26N2O2/c1-18(2)10-9-16(14-5-3-4-6-15(14)18)19-17(22)20(11-12-21)13-7-8-13/h3-6,13,16,21H,7-12H2,1-2H3,(H,19,22). The third-order valence-electron chi connectivity index (χ3n) is 5.01. The summed E-state index contributed by atoms with van der Waals surface area (Å²) in [4.78, 5) is 14.4. The highest BCUT2D eigenvalue weighted by molar-refractivity contribution is 5.75. The molecule has 1 saturated carbocycles.